The molecule has 1 unspecified atom stereocenters. The van der Waals surface area contributed by atoms with Gasteiger partial charge in [-0.05, 0) is 18.6 Å². The maximum atomic E-state index is 11.4. The summed E-state index contributed by atoms with van der Waals surface area (Å²) in [7, 11) is 0. The first-order chi connectivity index (χ1) is 6.77. The highest BCUT2D eigenvalue weighted by molar-refractivity contribution is 5.78. The highest BCUT2D eigenvalue weighted by atomic mass is 16.3. The van der Waals surface area contributed by atoms with Crippen LogP contribution in [0.1, 0.15) is 19.1 Å². The standard InChI is InChI=1S/C10H15NO3/c1-2-8(7-12)10(13)11-6-9-4-3-5-14-9/h3-5,8,12H,2,6-7H2,1H3,(H,11,13). The lowest BCUT2D eigenvalue weighted by atomic mass is 10.1. The van der Waals surface area contributed by atoms with Gasteiger partial charge in [-0.2, -0.15) is 0 Å². The van der Waals surface area contributed by atoms with E-state index in [0.29, 0.717) is 18.7 Å². The molecule has 0 spiro atoms. The van der Waals surface area contributed by atoms with Crippen LogP contribution in [0.25, 0.3) is 0 Å². The third-order valence-corrected chi connectivity index (χ3v) is 2.10. The van der Waals surface area contributed by atoms with Crippen molar-refractivity contribution >= 4 is 5.91 Å². The quantitative estimate of drug-likeness (QED) is 0.737. The Labute approximate surface area is 82.9 Å². The van der Waals surface area contributed by atoms with Crippen molar-refractivity contribution in [1.82, 2.24) is 5.32 Å². The molecule has 1 amide bonds. The summed E-state index contributed by atoms with van der Waals surface area (Å²) in [6, 6.07) is 3.56. The molecule has 0 aliphatic heterocycles. The first-order valence-corrected chi connectivity index (χ1v) is 4.68. The second kappa shape index (κ2) is 5.44. The number of rotatable bonds is 5. The summed E-state index contributed by atoms with van der Waals surface area (Å²) < 4.78 is 5.05. The number of hydrogen-bond donors (Lipinski definition) is 2. The van der Waals surface area contributed by atoms with Crippen molar-refractivity contribution in [3.8, 4) is 0 Å². The summed E-state index contributed by atoms with van der Waals surface area (Å²) >= 11 is 0. The summed E-state index contributed by atoms with van der Waals surface area (Å²) in [5.74, 6) is 0.266. The zero-order valence-electron chi connectivity index (χ0n) is 8.19. The van der Waals surface area contributed by atoms with Gasteiger partial charge in [0.25, 0.3) is 0 Å². The lowest BCUT2D eigenvalue weighted by molar-refractivity contribution is -0.126. The van der Waals surface area contributed by atoms with Crippen molar-refractivity contribution in [3.63, 3.8) is 0 Å². The van der Waals surface area contributed by atoms with Crippen molar-refractivity contribution in [1.29, 1.82) is 0 Å². The van der Waals surface area contributed by atoms with Crippen LogP contribution >= 0.6 is 0 Å². The smallest absolute Gasteiger partial charge is 0.225 e. The first-order valence-electron chi connectivity index (χ1n) is 4.68. The topological polar surface area (TPSA) is 62.5 Å². The zero-order valence-corrected chi connectivity index (χ0v) is 8.19. The van der Waals surface area contributed by atoms with Gasteiger partial charge in [0.15, 0.2) is 0 Å². The molecule has 0 fully saturated rings. The third kappa shape index (κ3) is 2.88. The molecule has 0 aliphatic carbocycles. The molecule has 1 rings (SSSR count). The molecule has 14 heavy (non-hydrogen) atoms. The SMILES string of the molecule is CCC(CO)C(=O)NCc1ccco1. The summed E-state index contributed by atoms with van der Waals surface area (Å²) in [5.41, 5.74) is 0. The second-order valence-electron chi connectivity index (χ2n) is 3.08. The Kier molecular flexibility index (Phi) is 4.19. The van der Waals surface area contributed by atoms with Crippen LogP contribution in [0.5, 0.6) is 0 Å². The van der Waals surface area contributed by atoms with Crippen molar-refractivity contribution in [2.45, 2.75) is 19.9 Å². The number of aliphatic hydroxyl groups excluding tert-OH is 1. The van der Waals surface area contributed by atoms with Gasteiger partial charge in [0.05, 0.1) is 25.3 Å². The van der Waals surface area contributed by atoms with Gasteiger partial charge in [0.2, 0.25) is 5.91 Å². The van der Waals surface area contributed by atoms with E-state index in [2.05, 4.69) is 5.32 Å². The number of nitrogens with one attached hydrogen (secondary N) is 1. The minimum Gasteiger partial charge on any atom is -0.467 e. The van der Waals surface area contributed by atoms with Crippen LogP contribution in [0.2, 0.25) is 0 Å². The van der Waals surface area contributed by atoms with Crippen LogP contribution in [-0.2, 0) is 11.3 Å². The molecular formula is C10H15NO3. The van der Waals surface area contributed by atoms with E-state index in [0.717, 1.165) is 0 Å². The summed E-state index contributed by atoms with van der Waals surface area (Å²) in [6.45, 7) is 2.14. The van der Waals surface area contributed by atoms with Gasteiger partial charge in [-0.15, -0.1) is 0 Å². The van der Waals surface area contributed by atoms with Gasteiger partial charge in [0, 0.05) is 0 Å². The van der Waals surface area contributed by atoms with Gasteiger partial charge in [-0.1, -0.05) is 6.92 Å². The number of carbonyl (C=O) groups is 1. The normalized spacial score (nSPS) is 12.4. The fourth-order valence-electron chi connectivity index (χ4n) is 1.13. The van der Waals surface area contributed by atoms with Crippen LogP contribution in [0.3, 0.4) is 0 Å². The number of furan rings is 1. The molecule has 1 aromatic rings. The molecule has 0 radical (unpaired) electrons. The predicted octanol–water partition coefficient (Wildman–Crippen LogP) is 0.914. The molecule has 0 aliphatic rings. The molecule has 1 aromatic heterocycles. The van der Waals surface area contributed by atoms with Crippen molar-refractivity contribution in [3.05, 3.63) is 24.2 Å². The van der Waals surface area contributed by atoms with E-state index in [4.69, 9.17) is 9.52 Å². The number of amides is 1. The summed E-state index contributed by atoms with van der Waals surface area (Å²) in [5, 5.41) is 11.6. The maximum Gasteiger partial charge on any atom is 0.225 e. The molecule has 4 heteroatoms. The van der Waals surface area contributed by atoms with E-state index in [-0.39, 0.29) is 18.4 Å². The van der Waals surface area contributed by atoms with Gasteiger partial charge in [0.1, 0.15) is 5.76 Å². The van der Waals surface area contributed by atoms with Crippen LogP contribution < -0.4 is 5.32 Å². The van der Waals surface area contributed by atoms with Gasteiger partial charge < -0.3 is 14.8 Å². The van der Waals surface area contributed by atoms with Gasteiger partial charge in [-0.3, -0.25) is 4.79 Å². The molecule has 78 valence electrons. The zero-order chi connectivity index (χ0) is 10.4. The molecule has 0 bridgehead atoms. The van der Waals surface area contributed by atoms with Crippen LogP contribution in [0, 0.1) is 5.92 Å². The molecule has 4 nitrogen and oxygen atoms in total. The lowest BCUT2D eigenvalue weighted by Crippen LogP contribution is -2.31. The summed E-state index contributed by atoms with van der Waals surface area (Å²) in [4.78, 5) is 11.4. The number of aliphatic hydroxyl groups is 1. The van der Waals surface area contributed by atoms with Gasteiger partial charge in [-0.25, -0.2) is 0 Å². The predicted molar refractivity (Wildman–Crippen MR) is 51.4 cm³/mol. The number of hydrogen-bond acceptors (Lipinski definition) is 3. The molecular weight excluding hydrogens is 182 g/mol. The second-order valence-corrected chi connectivity index (χ2v) is 3.08. The van der Waals surface area contributed by atoms with E-state index < -0.39 is 0 Å². The average Bonchev–Trinajstić information content (AvgIpc) is 2.69. The summed E-state index contributed by atoms with van der Waals surface area (Å²) in [6.07, 6.45) is 2.20. The van der Waals surface area contributed by atoms with Crippen molar-refractivity contribution in [2.24, 2.45) is 5.92 Å². The minimum absolute atomic E-state index is 0.111. The molecule has 1 heterocycles. The van der Waals surface area contributed by atoms with Crippen LogP contribution in [0.4, 0.5) is 0 Å². The van der Waals surface area contributed by atoms with E-state index in [1.165, 1.54) is 0 Å². The Morgan fingerprint density at radius 1 is 1.71 bits per heavy atom. The first kappa shape index (κ1) is 10.8. The lowest BCUT2D eigenvalue weighted by Gasteiger charge is -2.10. The maximum absolute atomic E-state index is 11.4. The Bertz CT molecular complexity index is 265. The number of carbonyl (C=O) groups excluding carboxylic acids is 1. The van der Waals surface area contributed by atoms with Gasteiger partial charge >= 0.3 is 0 Å². The van der Waals surface area contributed by atoms with Crippen LogP contribution in [0.15, 0.2) is 22.8 Å². The Hall–Kier alpha value is -1.29. The average molecular weight is 197 g/mol. The Morgan fingerprint density at radius 3 is 3.00 bits per heavy atom. The fourth-order valence-corrected chi connectivity index (χ4v) is 1.13. The highest BCUT2D eigenvalue weighted by Gasteiger charge is 2.14. The fraction of sp³-hybridized carbons (Fsp3) is 0.500. The monoisotopic (exact) mass is 197 g/mol. The third-order valence-electron chi connectivity index (χ3n) is 2.10. The Balaban J connectivity index is 2.34. The van der Waals surface area contributed by atoms with E-state index in [1.54, 1.807) is 18.4 Å². The van der Waals surface area contributed by atoms with E-state index in [1.807, 2.05) is 6.92 Å². The van der Waals surface area contributed by atoms with Crippen LogP contribution in [-0.4, -0.2) is 17.6 Å². The largest absolute Gasteiger partial charge is 0.467 e. The van der Waals surface area contributed by atoms with Crippen molar-refractivity contribution in [2.75, 3.05) is 6.61 Å². The molecule has 0 aromatic carbocycles. The molecule has 0 saturated carbocycles. The minimum atomic E-state index is -0.315. The highest BCUT2D eigenvalue weighted by Crippen LogP contribution is 2.03. The Morgan fingerprint density at radius 2 is 2.50 bits per heavy atom. The van der Waals surface area contributed by atoms with E-state index >= 15 is 0 Å². The molecule has 2 N–H and O–H groups in total. The molecule has 1 atom stereocenters. The van der Waals surface area contributed by atoms with Crippen molar-refractivity contribution < 1.29 is 14.3 Å². The van der Waals surface area contributed by atoms with E-state index in [9.17, 15) is 4.79 Å². The molecule has 0 saturated heterocycles.